The number of aromatic nitrogens is 3. The molecule has 0 bridgehead atoms. The van der Waals surface area contributed by atoms with Gasteiger partial charge >= 0.3 is 0 Å². The van der Waals surface area contributed by atoms with E-state index in [4.69, 9.17) is 4.52 Å². The van der Waals surface area contributed by atoms with Crippen molar-refractivity contribution in [1.29, 1.82) is 0 Å². The Morgan fingerprint density at radius 1 is 1.37 bits per heavy atom. The molecule has 2 aromatic heterocycles. The van der Waals surface area contributed by atoms with Crippen LogP contribution in [0.5, 0.6) is 0 Å². The molecule has 0 fully saturated rings. The number of carbonyl (C=O) groups excluding carboxylic acids is 1. The van der Waals surface area contributed by atoms with Gasteiger partial charge in [0.15, 0.2) is 0 Å². The van der Waals surface area contributed by atoms with Gasteiger partial charge in [-0.25, -0.2) is 0 Å². The molecular formula is C20H22N4O3. The van der Waals surface area contributed by atoms with Crippen molar-refractivity contribution < 1.29 is 9.32 Å². The number of carbonyl (C=O) groups is 1. The summed E-state index contributed by atoms with van der Waals surface area (Å²) in [6, 6.07) is 8.18. The first-order valence-electron chi connectivity index (χ1n) is 9.31. The number of rotatable bonds is 4. The van der Waals surface area contributed by atoms with Crippen molar-refractivity contribution >= 4 is 17.0 Å². The van der Waals surface area contributed by atoms with E-state index in [0.29, 0.717) is 23.3 Å². The fourth-order valence-corrected chi connectivity index (χ4v) is 3.83. The summed E-state index contributed by atoms with van der Waals surface area (Å²) in [5, 5.41) is 7.25. The van der Waals surface area contributed by atoms with Crippen LogP contribution in [0.2, 0.25) is 0 Å². The van der Waals surface area contributed by atoms with E-state index in [1.807, 2.05) is 19.1 Å². The van der Waals surface area contributed by atoms with Gasteiger partial charge in [0.2, 0.25) is 5.91 Å². The topological polar surface area (TPSA) is 90.0 Å². The van der Waals surface area contributed by atoms with Gasteiger partial charge in [0.25, 0.3) is 11.3 Å². The third-order valence-electron chi connectivity index (χ3n) is 5.17. The fraction of sp³-hybridized carbons (Fsp3) is 0.400. The Kier molecular flexibility index (Phi) is 4.51. The molecule has 0 saturated heterocycles. The Hall–Kier alpha value is -2.96. The van der Waals surface area contributed by atoms with E-state index in [1.54, 1.807) is 6.92 Å². The molecule has 7 heteroatoms. The summed E-state index contributed by atoms with van der Waals surface area (Å²) in [6.45, 7) is 3.53. The van der Waals surface area contributed by atoms with Crippen LogP contribution in [0.4, 0.5) is 0 Å². The van der Waals surface area contributed by atoms with Crippen LogP contribution in [0.3, 0.4) is 0 Å². The number of amides is 1. The van der Waals surface area contributed by atoms with E-state index in [1.165, 1.54) is 15.7 Å². The maximum atomic E-state index is 12.9. The Morgan fingerprint density at radius 3 is 3.00 bits per heavy atom. The third kappa shape index (κ3) is 3.13. The number of benzene rings is 1. The molecule has 3 aromatic rings. The predicted octanol–water partition coefficient (Wildman–Crippen LogP) is 2.45. The largest absolute Gasteiger partial charge is 0.348 e. The molecule has 1 unspecified atom stereocenters. The van der Waals surface area contributed by atoms with Crippen LogP contribution >= 0.6 is 0 Å². The molecule has 4 rings (SSSR count). The maximum absolute atomic E-state index is 12.9. The highest BCUT2D eigenvalue weighted by Crippen LogP contribution is 2.29. The zero-order valence-corrected chi connectivity index (χ0v) is 15.5. The highest BCUT2D eigenvalue weighted by Gasteiger charge is 2.23. The highest BCUT2D eigenvalue weighted by molar-refractivity contribution is 5.78. The zero-order chi connectivity index (χ0) is 19.0. The second-order valence-corrected chi connectivity index (χ2v) is 6.93. The summed E-state index contributed by atoms with van der Waals surface area (Å²) in [7, 11) is 0. The van der Waals surface area contributed by atoms with E-state index >= 15 is 0 Å². The van der Waals surface area contributed by atoms with E-state index in [-0.39, 0.29) is 29.8 Å². The molecule has 27 heavy (non-hydrogen) atoms. The average molecular weight is 366 g/mol. The lowest BCUT2D eigenvalue weighted by molar-refractivity contribution is -0.122. The molecule has 1 aliphatic carbocycles. The van der Waals surface area contributed by atoms with Crippen LogP contribution in [0.25, 0.3) is 11.1 Å². The number of hydrogen-bond acceptors (Lipinski definition) is 5. The lowest BCUT2D eigenvalue weighted by Crippen LogP contribution is -2.37. The number of fused-ring (bicyclic) bond motifs is 2. The minimum absolute atomic E-state index is 0.0164. The van der Waals surface area contributed by atoms with Crippen LogP contribution in [0.1, 0.15) is 48.5 Å². The minimum atomic E-state index is -0.283. The standard InChI is InChI=1S/C20H22N4O3/c1-3-16-22-19-18(12(2)23-27-19)20(26)24(16)11-17(25)21-15-10-6-8-13-7-4-5-9-14(13)15/h4-5,7,9,15H,3,6,8,10-11H2,1-2H3,(H,21,25). The van der Waals surface area contributed by atoms with Crippen LogP contribution in [0, 0.1) is 6.92 Å². The molecular weight excluding hydrogens is 344 g/mol. The van der Waals surface area contributed by atoms with Gasteiger partial charge < -0.3 is 9.84 Å². The molecule has 1 atom stereocenters. The summed E-state index contributed by atoms with van der Waals surface area (Å²) in [5.41, 5.74) is 2.88. The Morgan fingerprint density at radius 2 is 2.19 bits per heavy atom. The van der Waals surface area contributed by atoms with E-state index < -0.39 is 0 Å². The Labute approximate surface area is 156 Å². The number of nitrogens with one attached hydrogen (secondary N) is 1. The van der Waals surface area contributed by atoms with Gasteiger partial charge in [-0.05, 0) is 37.3 Å². The second-order valence-electron chi connectivity index (χ2n) is 6.93. The van der Waals surface area contributed by atoms with Crippen molar-refractivity contribution in [3.63, 3.8) is 0 Å². The molecule has 1 aromatic carbocycles. The minimum Gasteiger partial charge on any atom is -0.348 e. The summed E-state index contributed by atoms with van der Waals surface area (Å²) in [4.78, 5) is 30.0. The normalized spacial score (nSPS) is 16.3. The molecule has 0 saturated carbocycles. The van der Waals surface area contributed by atoms with Crippen molar-refractivity contribution in [2.24, 2.45) is 0 Å². The second kappa shape index (κ2) is 6.98. The Balaban J connectivity index is 1.61. The first-order valence-corrected chi connectivity index (χ1v) is 9.31. The van der Waals surface area contributed by atoms with E-state index in [2.05, 4.69) is 27.6 Å². The van der Waals surface area contributed by atoms with E-state index in [9.17, 15) is 9.59 Å². The van der Waals surface area contributed by atoms with Gasteiger partial charge in [-0.2, -0.15) is 4.98 Å². The lowest BCUT2D eigenvalue weighted by Gasteiger charge is -2.26. The molecule has 0 aliphatic heterocycles. The summed E-state index contributed by atoms with van der Waals surface area (Å²) in [6.07, 6.45) is 3.50. The first-order chi connectivity index (χ1) is 13.1. The molecule has 0 spiro atoms. The van der Waals surface area contributed by atoms with Gasteiger partial charge in [-0.15, -0.1) is 0 Å². The SMILES string of the molecule is CCc1nc2onc(C)c2c(=O)n1CC(=O)NC1CCCc2ccccc21. The van der Waals surface area contributed by atoms with Gasteiger partial charge in [0.1, 0.15) is 17.8 Å². The number of hydrogen-bond donors (Lipinski definition) is 1. The first kappa shape index (κ1) is 17.5. The van der Waals surface area contributed by atoms with Crippen molar-refractivity contribution in [2.45, 2.75) is 52.1 Å². The smallest absolute Gasteiger partial charge is 0.267 e. The number of nitrogens with zero attached hydrogens (tertiary/aromatic N) is 3. The molecule has 140 valence electrons. The molecule has 2 heterocycles. The maximum Gasteiger partial charge on any atom is 0.267 e. The van der Waals surface area contributed by atoms with Gasteiger partial charge in [-0.3, -0.25) is 14.2 Å². The lowest BCUT2D eigenvalue weighted by atomic mass is 9.88. The van der Waals surface area contributed by atoms with Crippen LogP contribution < -0.4 is 10.9 Å². The van der Waals surface area contributed by atoms with Crippen molar-refractivity contribution in [1.82, 2.24) is 20.0 Å². The number of aryl methyl sites for hydroxylation is 3. The third-order valence-corrected chi connectivity index (χ3v) is 5.17. The predicted molar refractivity (Wildman–Crippen MR) is 100 cm³/mol. The van der Waals surface area contributed by atoms with Crippen molar-refractivity contribution in [3.05, 3.63) is 57.3 Å². The fourth-order valence-electron chi connectivity index (χ4n) is 3.83. The van der Waals surface area contributed by atoms with Crippen molar-refractivity contribution in [2.75, 3.05) is 0 Å². The van der Waals surface area contributed by atoms with Crippen molar-refractivity contribution in [3.8, 4) is 0 Å². The van der Waals surface area contributed by atoms with Gasteiger partial charge in [0, 0.05) is 6.42 Å². The quantitative estimate of drug-likeness (QED) is 0.766. The molecule has 1 aliphatic rings. The van der Waals surface area contributed by atoms with Gasteiger partial charge in [-0.1, -0.05) is 36.3 Å². The average Bonchev–Trinajstić information content (AvgIpc) is 3.05. The Bertz CT molecular complexity index is 1070. The van der Waals surface area contributed by atoms with Crippen LogP contribution in [-0.4, -0.2) is 20.6 Å². The summed E-state index contributed by atoms with van der Waals surface area (Å²) >= 11 is 0. The van der Waals surface area contributed by atoms with Crippen LogP contribution in [-0.2, 0) is 24.2 Å². The van der Waals surface area contributed by atoms with E-state index in [0.717, 1.165) is 19.3 Å². The molecule has 7 nitrogen and oxygen atoms in total. The zero-order valence-electron chi connectivity index (χ0n) is 15.5. The summed E-state index contributed by atoms with van der Waals surface area (Å²) in [5.74, 6) is 0.326. The molecule has 1 amide bonds. The highest BCUT2D eigenvalue weighted by atomic mass is 16.5. The molecule has 1 N–H and O–H groups in total. The van der Waals surface area contributed by atoms with Crippen LogP contribution in [0.15, 0.2) is 33.6 Å². The molecule has 0 radical (unpaired) electrons. The monoisotopic (exact) mass is 366 g/mol. The van der Waals surface area contributed by atoms with Gasteiger partial charge in [0.05, 0.1) is 11.7 Å². The summed E-state index contributed by atoms with van der Waals surface area (Å²) < 4.78 is 6.54.